The normalized spacial score (nSPS) is 19.3. The number of aromatic nitrogens is 1. The lowest BCUT2D eigenvalue weighted by atomic mass is 10.1. The van der Waals surface area contributed by atoms with Crippen LogP contribution >= 0.6 is 0 Å². The smallest absolute Gasteiger partial charge is 0.162 e. The van der Waals surface area contributed by atoms with E-state index in [2.05, 4.69) is 29.0 Å². The van der Waals surface area contributed by atoms with E-state index in [0.29, 0.717) is 5.75 Å². The van der Waals surface area contributed by atoms with Crippen molar-refractivity contribution in [2.24, 2.45) is 7.05 Å². The van der Waals surface area contributed by atoms with Crippen molar-refractivity contribution in [3.8, 4) is 11.5 Å². The van der Waals surface area contributed by atoms with Crippen molar-refractivity contribution in [2.45, 2.75) is 6.17 Å². The van der Waals surface area contributed by atoms with Gasteiger partial charge in [-0.15, -0.1) is 0 Å². The third kappa shape index (κ3) is 1.79. The third-order valence-corrected chi connectivity index (χ3v) is 4.17. The molecule has 5 heteroatoms. The van der Waals surface area contributed by atoms with E-state index < -0.39 is 0 Å². The van der Waals surface area contributed by atoms with Gasteiger partial charge in [-0.2, -0.15) is 0 Å². The molecule has 1 unspecified atom stereocenters. The number of benzene rings is 1. The Morgan fingerprint density at radius 3 is 2.95 bits per heavy atom. The monoisotopic (exact) mass is 295 g/mol. The van der Waals surface area contributed by atoms with Crippen LogP contribution in [0.1, 0.15) is 5.56 Å². The highest BCUT2D eigenvalue weighted by Gasteiger charge is 2.24. The number of methoxy groups -OCH3 is 1. The summed E-state index contributed by atoms with van der Waals surface area (Å²) in [6, 6.07) is 3.61. The number of phenols is 1. The topological polar surface area (TPSA) is 58.5 Å². The highest BCUT2D eigenvalue weighted by atomic mass is 16.5. The Balaban J connectivity index is 1.86. The molecule has 4 rings (SSSR count). The highest BCUT2D eigenvalue weighted by Crippen LogP contribution is 2.36. The zero-order chi connectivity index (χ0) is 15.3. The minimum absolute atomic E-state index is 0.113. The Morgan fingerprint density at radius 2 is 2.18 bits per heavy atom. The molecule has 1 aromatic carbocycles. The predicted molar refractivity (Wildman–Crippen MR) is 86.4 cm³/mol. The van der Waals surface area contributed by atoms with E-state index in [0.717, 1.165) is 22.2 Å². The first-order valence-corrected chi connectivity index (χ1v) is 7.15. The lowest BCUT2D eigenvalue weighted by Crippen LogP contribution is -2.36. The number of hydrogen-bond donors (Lipinski definition) is 3. The molecular weight excluding hydrogens is 278 g/mol. The molecule has 3 heterocycles. The van der Waals surface area contributed by atoms with E-state index in [-0.39, 0.29) is 11.9 Å². The number of dihydropyridines is 1. The van der Waals surface area contributed by atoms with Gasteiger partial charge in [0, 0.05) is 36.0 Å². The number of allylic oxidation sites excluding steroid dienone is 2. The van der Waals surface area contributed by atoms with Crippen molar-refractivity contribution in [3.05, 3.63) is 53.9 Å². The van der Waals surface area contributed by atoms with Crippen molar-refractivity contribution in [1.29, 1.82) is 0 Å². The molecule has 22 heavy (non-hydrogen) atoms. The summed E-state index contributed by atoms with van der Waals surface area (Å²) >= 11 is 0. The quantitative estimate of drug-likeness (QED) is 0.795. The molecule has 0 spiro atoms. The summed E-state index contributed by atoms with van der Waals surface area (Å²) in [4.78, 5) is 0. The van der Waals surface area contributed by atoms with Gasteiger partial charge in [0.1, 0.15) is 6.17 Å². The van der Waals surface area contributed by atoms with Crippen molar-refractivity contribution < 1.29 is 9.84 Å². The first-order valence-electron chi connectivity index (χ1n) is 7.15. The lowest BCUT2D eigenvalue weighted by Gasteiger charge is -2.17. The van der Waals surface area contributed by atoms with E-state index in [1.807, 2.05) is 30.0 Å². The summed E-state index contributed by atoms with van der Waals surface area (Å²) in [7, 11) is 3.55. The van der Waals surface area contributed by atoms with Crippen LogP contribution in [0, 0.1) is 0 Å². The molecular formula is C17H17N3O2. The van der Waals surface area contributed by atoms with Crippen LogP contribution < -0.4 is 15.4 Å². The predicted octanol–water partition coefficient (Wildman–Crippen LogP) is 2.21. The molecule has 0 saturated heterocycles. The summed E-state index contributed by atoms with van der Waals surface area (Å²) in [6.45, 7) is 0. The first-order chi connectivity index (χ1) is 10.7. The maximum absolute atomic E-state index is 10.1. The third-order valence-electron chi connectivity index (χ3n) is 4.17. The number of fused-ring (bicyclic) bond motifs is 2. The van der Waals surface area contributed by atoms with Crippen molar-refractivity contribution in [3.63, 3.8) is 0 Å². The highest BCUT2D eigenvalue weighted by molar-refractivity contribution is 5.96. The fraction of sp³-hybridized carbons (Fsp3) is 0.176. The summed E-state index contributed by atoms with van der Waals surface area (Å²) in [5.74, 6) is 0.633. The summed E-state index contributed by atoms with van der Waals surface area (Å²) in [5, 5.41) is 17.8. The van der Waals surface area contributed by atoms with E-state index >= 15 is 0 Å². The van der Waals surface area contributed by atoms with Gasteiger partial charge >= 0.3 is 0 Å². The first kappa shape index (κ1) is 12.9. The maximum atomic E-state index is 10.1. The van der Waals surface area contributed by atoms with Crippen LogP contribution in [0.3, 0.4) is 0 Å². The van der Waals surface area contributed by atoms with Gasteiger partial charge < -0.3 is 25.0 Å². The SMILES string of the molecule is COc1cc2c(cc1O)c(C1=CC3=CC=CNC3N1)cn2C. The summed E-state index contributed by atoms with van der Waals surface area (Å²) < 4.78 is 7.24. The van der Waals surface area contributed by atoms with Gasteiger partial charge in [-0.3, -0.25) is 0 Å². The maximum Gasteiger partial charge on any atom is 0.162 e. The fourth-order valence-corrected chi connectivity index (χ4v) is 3.06. The Labute approximate surface area is 128 Å². The van der Waals surface area contributed by atoms with Gasteiger partial charge in [0.15, 0.2) is 11.5 Å². The molecule has 0 amide bonds. The van der Waals surface area contributed by atoms with Crippen LogP contribution in [0.15, 0.2) is 48.3 Å². The van der Waals surface area contributed by atoms with Crippen LogP contribution in [0.4, 0.5) is 0 Å². The molecule has 0 bridgehead atoms. The second-order valence-electron chi connectivity index (χ2n) is 5.52. The van der Waals surface area contributed by atoms with Gasteiger partial charge in [0.25, 0.3) is 0 Å². The Bertz CT molecular complexity index is 858. The zero-order valence-electron chi connectivity index (χ0n) is 12.4. The summed E-state index contributed by atoms with van der Waals surface area (Å²) in [6.07, 6.45) is 10.3. The molecule has 1 atom stereocenters. The van der Waals surface area contributed by atoms with Gasteiger partial charge in [-0.1, -0.05) is 6.08 Å². The number of aromatic hydroxyl groups is 1. The van der Waals surface area contributed by atoms with Gasteiger partial charge in [0.05, 0.1) is 12.6 Å². The molecule has 2 aliphatic rings. The zero-order valence-corrected chi connectivity index (χ0v) is 12.4. The van der Waals surface area contributed by atoms with Crippen molar-refractivity contribution in [1.82, 2.24) is 15.2 Å². The number of aryl methyl sites for hydroxylation is 1. The Hall–Kier alpha value is -2.82. The van der Waals surface area contributed by atoms with Crippen LogP contribution in [-0.4, -0.2) is 22.9 Å². The fourth-order valence-electron chi connectivity index (χ4n) is 3.06. The van der Waals surface area contributed by atoms with E-state index in [1.165, 1.54) is 5.57 Å². The van der Waals surface area contributed by atoms with E-state index in [1.54, 1.807) is 13.2 Å². The average molecular weight is 295 g/mol. The number of rotatable bonds is 2. The molecule has 5 nitrogen and oxygen atoms in total. The van der Waals surface area contributed by atoms with E-state index in [4.69, 9.17) is 4.74 Å². The van der Waals surface area contributed by atoms with Crippen LogP contribution in [0.25, 0.3) is 16.6 Å². The molecule has 112 valence electrons. The number of phenolic OH excluding ortho intramolecular Hbond substituents is 1. The molecule has 0 radical (unpaired) electrons. The molecule has 1 aromatic heterocycles. The van der Waals surface area contributed by atoms with E-state index in [9.17, 15) is 5.11 Å². The minimum Gasteiger partial charge on any atom is -0.504 e. The molecule has 2 aliphatic heterocycles. The summed E-state index contributed by atoms with van der Waals surface area (Å²) in [5.41, 5.74) is 4.32. The average Bonchev–Trinajstić information content (AvgIpc) is 3.08. The van der Waals surface area contributed by atoms with Crippen LogP contribution in [0.5, 0.6) is 11.5 Å². The van der Waals surface area contributed by atoms with Crippen LogP contribution in [0.2, 0.25) is 0 Å². The van der Waals surface area contributed by atoms with Crippen molar-refractivity contribution >= 4 is 16.6 Å². The minimum atomic E-state index is 0.113. The van der Waals surface area contributed by atoms with Crippen molar-refractivity contribution in [2.75, 3.05) is 7.11 Å². The largest absolute Gasteiger partial charge is 0.504 e. The molecule has 0 aliphatic carbocycles. The number of nitrogens with zero attached hydrogens (tertiary/aromatic N) is 1. The molecule has 2 aromatic rings. The molecule has 0 saturated carbocycles. The number of ether oxygens (including phenoxy) is 1. The molecule has 0 fully saturated rings. The Morgan fingerprint density at radius 1 is 1.32 bits per heavy atom. The van der Waals surface area contributed by atoms with Gasteiger partial charge in [-0.25, -0.2) is 0 Å². The number of hydrogen-bond acceptors (Lipinski definition) is 4. The van der Waals surface area contributed by atoms with Gasteiger partial charge in [-0.05, 0) is 30.0 Å². The van der Waals surface area contributed by atoms with Gasteiger partial charge in [0.2, 0.25) is 0 Å². The molecule has 3 N–H and O–H groups in total. The second kappa shape index (κ2) is 4.59. The lowest BCUT2D eigenvalue weighted by molar-refractivity contribution is 0.374. The standard InChI is InChI=1S/C17H17N3O2/c1-20-9-12(11-7-15(21)16(22-2)8-14(11)20)13-6-10-4-3-5-18-17(10)19-13/h3-9,17-19,21H,1-2H3. The number of nitrogens with one attached hydrogen (secondary N) is 2. The van der Waals surface area contributed by atoms with Crippen LogP contribution in [-0.2, 0) is 7.05 Å². The second-order valence-corrected chi connectivity index (χ2v) is 5.52. The Kier molecular flexibility index (Phi) is 2.69.